The van der Waals surface area contributed by atoms with Gasteiger partial charge in [0.2, 0.25) is 11.8 Å². The number of esters is 2. The summed E-state index contributed by atoms with van der Waals surface area (Å²) in [5.41, 5.74) is 0. The zero-order valence-corrected chi connectivity index (χ0v) is 65.1. The van der Waals surface area contributed by atoms with Gasteiger partial charge in [0.15, 0.2) is 0 Å². The molecule has 0 aromatic heterocycles. The number of ether oxygens (including phenoxy) is 2. The van der Waals surface area contributed by atoms with E-state index in [1.165, 1.54) is 308 Å². The minimum atomic E-state index is -1.12. The summed E-state index contributed by atoms with van der Waals surface area (Å²) in [7, 11) is 0. The topological polar surface area (TPSA) is 198 Å². The Balaban J connectivity index is 2.67. The van der Waals surface area contributed by atoms with Crippen molar-refractivity contribution in [2.75, 3.05) is 52.5 Å². The van der Waals surface area contributed by atoms with Crippen LogP contribution in [0.25, 0.3) is 0 Å². The number of aliphatic hydroxyl groups excluding tert-OH is 4. The second kappa shape index (κ2) is 71.6. The van der Waals surface area contributed by atoms with E-state index in [2.05, 4.69) is 38.3 Å². The Morgan fingerprint density at radius 1 is 0.296 bits per heavy atom. The van der Waals surface area contributed by atoms with Crippen molar-refractivity contribution >= 4 is 23.8 Å². The van der Waals surface area contributed by atoms with Gasteiger partial charge in [-0.1, -0.05) is 387 Å². The first-order chi connectivity index (χ1) is 47.9. The highest BCUT2D eigenvalue weighted by molar-refractivity contribution is 5.97. The summed E-state index contributed by atoms with van der Waals surface area (Å²) in [6.07, 6.45) is 71.6. The SMILES string of the molecule is CCCCCCCCCCCCCCCCC(O)CN(CCC(=O)OCC1NC(=O)C(COC(=O)CCN(CC(O)CCCCCCCCCCCCCCCC)CC(O)CCCCCCCCCCCCCCCC)NC1=O)CC(O)CCCCCCCCCCCCCCCC. The molecule has 6 unspecified atom stereocenters. The zero-order chi connectivity index (χ0) is 71.3. The molecule has 0 spiro atoms. The smallest absolute Gasteiger partial charge is 0.307 e. The van der Waals surface area contributed by atoms with Gasteiger partial charge in [0.05, 0.1) is 37.3 Å². The summed E-state index contributed by atoms with van der Waals surface area (Å²) in [6.45, 7) is 10.3. The largest absolute Gasteiger partial charge is 0.463 e. The van der Waals surface area contributed by atoms with E-state index in [4.69, 9.17) is 9.47 Å². The highest BCUT2D eigenvalue weighted by atomic mass is 16.5. The van der Waals surface area contributed by atoms with Crippen LogP contribution in [0.15, 0.2) is 0 Å². The van der Waals surface area contributed by atoms with Gasteiger partial charge >= 0.3 is 11.9 Å². The van der Waals surface area contributed by atoms with Crippen molar-refractivity contribution in [3.63, 3.8) is 0 Å². The Morgan fingerprint density at radius 2 is 0.459 bits per heavy atom. The second-order valence-corrected chi connectivity index (χ2v) is 30.7. The fourth-order valence-electron chi connectivity index (χ4n) is 14.3. The van der Waals surface area contributed by atoms with Crippen molar-refractivity contribution in [2.24, 2.45) is 0 Å². The maximum absolute atomic E-state index is 13.3. The van der Waals surface area contributed by atoms with Crippen LogP contribution < -0.4 is 10.6 Å². The first-order valence-corrected chi connectivity index (χ1v) is 43.0. The minimum Gasteiger partial charge on any atom is -0.463 e. The molecule has 6 N–H and O–H groups in total. The Bertz CT molecular complexity index is 1540. The highest BCUT2D eigenvalue weighted by Crippen LogP contribution is 2.21. The number of hydrogen-bond acceptors (Lipinski definition) is 12. The molecule has 1 rings (SSSR count). The van der Waals surface area contributed by atoms with Crippen LogP contribution in [0.4, 0.5) is 0 Å². The average Bonchev–Trinajstić information content (AvgIpc) is 0.907. The van der Waals surface area contributed by atoms with Crippen LogP contribution in [0.1, 0.15) is 426 Å². The fraction of sp³-hybridized carbons (Fsp3) is 0.952. The summed E-state index contributed by atoms with van der Waals surface area (Å²) in [5, 5.41) is 50.1. The Hall–Kier alpha value is -2.36. The quantitative estimate of drug-likeness (QED) is 0.0249. The Labute approximate surface area is 605 Å². The molecule has 580 valence electrons. The van der Waals surface area contributed by atoms with Gasteiger partial charge in [0.25, 0.3) is 0 Å². The molecule has 0 bridgehead atoms. The molecular weight excluding hydrogens is 1220 g/mol. The predicted molar refractivity (Wildman–Crippen MR) is 412 cm³/mol. The lowest BCUT2D eigenvalue weighted by atomic mass is 10.0. The van der Waals surface area contributed by atoms with Crippen molar-refractivity contribution < 1.29 is 49.1 Å². The molecule has 0 aliphatic carbocycles. The monoisotopic (exact) mass is 1390 g/mol. The summed E-state index contributed by atoms with van der Waals surface area (Å²) >= 11 is 0. The number of carbonyl (C=O) groups excluding carboxylic acids is 4. The Morgan fingerprint density at radius 3 is 0.633 bits per heavy atom. The van der Waals surface area contributed by atoms with E-state index in [0.29, 0.717) is 51.9 Å². The van der Waals surface area contributed by atoms with Crippen molar-refractivity contribution in [1.29, 1.82) is 0 Å². The number of unbranched alkanes of at least 4 members (excludes halogenated alkanes) is 52. The second-order valence-electron chi connectivity index (χ2n) is 30.7. The van der Waals surface area contributed by atoms with Gasteiger partial charge in [0, 0.05) is 39.3 Å². The number of rotatable bonds is 78. The molecule has 0 saturated carbocycles. The predicted octanol–water partition coefficient (Wildman–Crippen LogP) is 20.4. The van der Waals surface area contributed by atoms with E-state index in [0.717, 1.165) is 51.4 Å². The lowest BCUT2D eigenvalue weighted by molar-refractivity contribution is -0.152. The fourth-order valence-corrected chi connectivity index (χ4v) is 14.3. The zero-order valence-electron chi connectivity index (χ0n) is 65.1. The van der Waals surface area contributed by atoms with Crippen LogP contribution >= 0.6 is 0 Å². The molecule has 6 atom stereocenters. The lowest BCUT2D eigenvalue weighted by Gasteiger charge is -2.29. The summed E-state index contributed by atoms with van der Waals surface area (Å²) in [4.78, 5) is 57.0. The van der Waals surface area contributed by atoms with Crippen LogP contribution in [0.5, 0.6) is 0 Å². The van der Waals surface area contributed by atoms with E-state index in [1.807, 2.05) is 9.80 Å². The van der Waals surface area contributed by atoms with Crippen molar-refractivity contribution in [1.82, 2.24) is 20.4 Å². The number of aliphatic hydroxyl groups is 4. The van der Waals surface area contributed by atoms with Gasteiger partial charge in [0.1, 0.15) is 25.3 Å². The molecule has 14 nitrogen and oxygen atoms in total. The summed E-state index contributed by atoms with van der Waals surface area (Å²) in [5.74, 6) is -2.19. The molecule has 14 heteroatoms. The number of hydrogen-bond donors (Lipinski definition) is 6. The van der Waals surface area contributed by atoms with E-state index in [1.54, 1.807) is 0 Å². The maximum Gasteiger partial charge on any atom is 0.307 e. The van der Waals surface area contributed by atoms with E-state index < -0.39 is 60.3 Å². The van der Waals surface area contributed by atoms with E-state index in [9.17, 15) is 39.6 Å². The summed E-state index contributed by atoms with van der Waals surface area (Å²) < 4.78 is 11.1. The first-order valence-electron chi connectivity index (χ1n) is 43.0. The number of amides is 2. The molecular formula is C84H164N4O10. The molecule has 2 amide bonds. The van der Waals surface area contributed by atoms with Gasteiger partial charge in [-0.25, -0.2) is 0 Å². The highest BCUT2D eigenvalue weighted by Gasteiger charge is 2.35. The third-order valence-corrected chi connectivity index (χ3v) is 20.8. The molecule has 0 aromatic rings. The molecule has 1 aliphatic rings. The lowest BCUT2D eigenvalue weighted by Crippen LogP contribution is -2.64. The van der Waals surface area contributed by atoms with Gasteiger partial charge in [-0.05, 0) is 25.7 Å². The van der Waals surface area contributed by atoms with Crippen LogP contribution in [0.2, 0.25) is 0 Å². The molecule has 1 fully saturated rings. The van der Waals surface area contributed by atoms with Gasteiger partial charge in [-0.15, -0.1) is 0 Å². The van der Waals surface area contributed by atoms with Crippen molar-refractivity contribution in [3.8, 4) is 0 Å². The maximum atomic E-state index is 13.3. The van der Waals surface area contributed by atoms with Crippen molar-refractivity contribution in [2.45, 2.75) is 462 Å². The van der Waals surface area contributed by atoms with E-state index in [-0.39, 0.29) is 39.1 Å². The number of piperazine rings is 1. The molecule has 1 heterocycles. The first kappa shape index (κ1) is 93.7. The van der Waals surface area contributed by atoms with Crippen LogP contribution in [-0.4, -0.2) is 143 Å². The molecule has 0 radical (unpaired) electrons. The van der Waals surface area contributed by atoms with E-state index >= 15 is 0 Å². The van der Waals surface area contributed by atoms with Crippen molar-refractivity contribution in [3.05, 3.63) is 0 Å². The minimum absolute atomic E-state index is 0.00756. The molecule has 1 aliphatic heterocycles. The van der Waals surface area contributed by atoms with Crippen LogP contribution in [-0.2, 0) is 28.7 Å². The third-order valence-electron chi connectivity index (χ3n) is 20.8. The van der Waals surface area contributed by atoms with Crippen LogP contribution in [0.3, 0.4) is 0 Å². The third kappa shape index (κ3) is 62.2. The Kier molecular flexibility index (Phi) is 68.4. The summed E-state index contributed by atoms with van der Waals surface area (Å²) in [6, 6.07) is -2.23. The number of nitrogens with zero attached hydrogens (tertiary/aromatic N) is 2. The number of nitrogens with one attached hydrogen (secondary N) is 2. The molecule has 98 heavy (non-hydrogen) atoms. The normalized spacial score (nSPS) is 15.4. The van der Waals surface area contributed by atoms with Crippen LogP contribution in [0, 0.1) is 0 Å². The average molecular weight is 1390 g/mol. The number of carbonyl (C=O) groups is 4. The van der Waals surface area contributed by atoms with Gasteiger partial charge in [-0.3, -0.25) is 29.0 Å². The van der Waals surface area contributed by atoms with Gasteiger partial charge in [-0.2, -0.15) is 0 Å². The molecule has 1 saturated heterocycles. The standard InChI is InChI=1S/C84H164N4O10/c1-5-9-13-17-21-25-29-33-37-41-45-49-53-57-61-75(89)69-87(70-76(90)62-58-54-50-46-42-38-34-30-26-22-18-14-10-6-2)67-65-81(93)97-73-79-83(95)86-80(84(96)85-79)74-98-82(94)66-68-88(71-77(91)63-59-55-51-47-43-39-35-31-27-23-19-15-11-7-3)72-78(92)64-60-56-52-48-44-40-36-32-28-24-20-16-12-8-4/h75-80,89-92H,5-74H2,1-4H3,(H,85,96)(H,86,95). The molecule has 0 aromatic carbocycles. The van der Waals surface area contributed by atoms with Gasteiger partial charge < -0.3 is 40.5 Å².